The Morgan fingerprint density at radius 2 is 1.38 bits per heavy atom. The molecule has 0 fully saturated rings. The molecule has 3 aromatic carbocycles. The molecule has 4 heteroatoms. The summed E-state index contributed by atoms with van der Waals surface area (Å²) in [6.45, 7) is 0. The molecule has 3 nitrogen and oxygen atoms in total. The van der Waals surface area contributed by atoms with Crippen molar-refractivity contribution in [3.8, 4) is 0 Å². The summed E-state index contributed by atoms with van der Waals surface area (Å²) >= 11 is 6.17. The highest BCUT2D eigenvalue weighted by Gasteiger charge is 2.07. The first-order chi connectivity index (χ1) is 11.8. The molecular formula is C20H14ClN3. The highest BCUT2D eigenvalue weighted by atomic mass is 35.5. The average molecular weight is 332 g/mol. The smallest absolute Gasteiger partial charge is 0.0749 e. The van der Waals surface area contributed by atoms with Crippen LogP contribution in [0.2, 0.25) is 5.02 Å². The molecule has 24 heavy (non-hydrogen) atoms. The number of pyridine rings is 1. The van der Waals surface area contributed by atoms with Gasteiger partial charge in [0.2, 0.25) is 0 Å². The van der Waals surface area contributed by atoms with E-state index >= 15 is 0 Å². The van der Waals surface area contributed by atoms with E-state index in [-0.39, 0.29) is 0 Å². The number of para-hydroxylation sites is 2. The molecule has 0 unspecified atom stereocenters. The van der Waals surface area contributed by atoms with E-state index in [1.54, 1.807) is 6.21 Å². The molecule has 0 spiro atoms. The molecule has 0 bridgehead atoms. The molecule has 0 atom stereocenters. The van der Waals surface area contributed by atoms with Gasteiger partial charge in [-0.1, -0.05) is 66.2 Å². The number of hydrogen-bond acceptors (Lipinski definition) is 3. The fourth-order valence-electron chi connectivity index (χ4n) is 2.71. The highest BCUT2D eigenvalue weighted by molar-refractivity contribution is 6.33. The van der Waals surface area contributed by atoms with Gasteiger partial charge >= 0.3 is 0 Å². The van der Waals surface area contributed by atoms with Gasteiger partial charge in [0.05, 0.1) is 22.9 Å². The number of nitrogens with one attached hydrogen (secondary N) is 1. The van der Waals surface area contributed by atoms with Gasteiger partial charge in [-0.3, -0.25) is 5.43 Å². The van der Waals surface area contributed by atoms with Crippen LogP contribution < -0.4 is 5.43 Å². The molecule has 0 aliphatic rings. The summed E-state index contributed by atoms with van der Waals surface area (Å²) in [5.74, 6) is 0. The van der Waals surface area contributed by atoms with Crippen LogP contribution in [0.1, 0.15) is 5.56 Å². The maximum absolute atomic E-state index is 6.17. The Labute approximate surface area is 144 Å². The minimum absolute atomic E-state index is 0.674. The molecule has 0 aliphatic carbocycles. The van der Waals surface area contributed by atoms with Crippen LogP contribution in [0, 0.1) is 0 Å². The SMILES string of the molecule is Clc1ccccc1/C=N\Nc1c2ccccc2nc2ccccc12. The second-order valence-electron chi connectivity index (χ2n) is 5.41. The number of nitrogens with zero attached hydrogens (tertiary/aromatic N) is 2. The van der Waals surface area contributed by atoms with Gasteiger partial charge < -0.3 is 0 Å². The van der Waals surface area contributed by atoms with E-state index in [2.05, 4.69) is 10.5 Å². The van der Waals surface area contributed by atoms with Crippen molar-refractivity contribution in [2.24, 2.45) is 5.10 Å². The fourth-order valence-corrected chi connectivity index (χ4v) is 2.89. The molecule has 1 aromatic heterocycles. The predicted octanol–water partition coefficient (Wildman–Crippen LogP) is 5.49. The number of rotatable bonds is 3. The summed E-state index contributed by atoms with van der Waals surface area (Å²) < 4.78 is 0. The molecule has 1 heterocycles. The number of anilines is 1. The van der Waals surface area contributed by atoms with Crippen molar-refractivity contribution in [1.29, 1.82) is 0 Å². The van der Waals surface area contributed by atoms with Crippen molar-refractivity contribution in [2.45, 2.75) is 0 Å². The van der Waals surface area contributed by atoms with Gasteiger partial charge in [0.25, 0.3) is 0 Å². The lowest BCUT2D eigenvalue weighted by molar-refractivity contribution is 1.36. The van der Waals surface area contributed by atoms with Gasteiger partial charge in [0, 0.05) is 21.4 Å². The average Bonchev–Trinajstić information content (AvgIpc) is 2.62. The zero-order valence-corrected chi connectivity index (χ0v) is 13.5. The van der Waals surface area contributed by atoms with Crippen molar-refractivity contribution in [3.63, 3.8) is 0 Å². The van der Waals surface area contributed by atoms with Crippen LogP contribution in [-0.4, -0.2) is 11.2 Å². The summed E-state index contributed by atoms with van der Waals surface area (Å²) in [4.78, 5) is 4.71. The molecule has 0 radical (unpaired) electrons. The summed E-state index contributed by atoms with van der Waals surface area (Å²) in [6, 6.07) is 23.7. The topological polar surface area (TPSA) is 37.3 Å². The Kier molecular flexibility index (Phi) is 3.85. The first-order valence-corrected chi connectivity index (χ1v) is 8.02. The first kappa shape index (κ1) is 14.7. The third kappa shape index (κ3) is 2.70. The van der Waals surface area contributed by atoms with Crippen LogP contribution in [0.25, 0.3) is 21.8 Å². The van der Waals surface area contributed by atoms with Crippen LogP contribution >= 0.6 is 11.6 Å². The van der Waals surface area contributed by atoms with E-state index < -0.39 is 0 Å². The molecular weight excluding hydrogens is 318 g/mol. The number of hydrazone groups is 1. The molecule has 4 rings (SSSR count). The van der Waals surface area contributed by atoms with Gasteiger partial charge in [0.15, 0.2) is 0 Å². The van der Waals surface area contributed by atoms with Crippen LogP contribution in [0.5, 0.6) is 0 Å². The van der Waals surface area contributed by atoms with Crippen LogP contribution in [0.4, 0.5) is 5.69 Å². The van der Waals surface area contributed by atoms with E-state index in [0.29, 0.717) is 5.02 Å². The Balaban J connectivity index is 1.81. The monoisotopic (exact) mass is 331 g/mol. The normalized spacial score (nSPS) is 11.4. The van der Waals surface area contributed by atoms with Crippen LogP contribution in [0.15, 0.2) is 77.9 Å². The van der Waals surface area contributed by atoms with Crippen molar-refractivity contribution in [2.75, 3.05) is 5.43 Å². The lowest BCUT2D eigenvalue weighted by atomic mass is 10.1. The highest BCUT2D eigenvalue weighted by Crippen LogP contribution is 2.30. The summed E-state index contributed by atoms with van der Waals surface area (Å²) in [5, 5.41) is 7.13. The molecule has 0 saturated heterocycles. The number of halogens is 1. The molecule has 0 aliphatic heterocycles. The van der Waals surface area contributed by atoms with E-state index in [9.17, 15) is 0 Å². The minimum atomic E-state index is 0.674. The largest absolute Gasteiger partial charge is 0.277 e. The lowest BCUT2D eigenvalue weighted by Gasteiger charge is -2.10. The zero-order chi connectivity index (χ0) is 16.4. The molecule has 0 saturated carbocycles. The summed E-state index contributed by atoms with van der Waals surface area (Å²) in [7, 11) is 0. The van der Waals surface area contributed by atoms with Crippen LogP contribution in [0.3, 0.4) is 0 Å². The summed E-state index contributed by atoms with van der Waals surface area (Å²) in [5.41, 5.74) is 6.86. The first-order valence-electron chi connectivity index (χ1n) is 7.64. The number of hydrogen-bond donors (Lipinski definition) is 1. The molecule has 1 N–H and O–H groups in total. The predicted molar refractivity (Wildman–Crippen MR) is 102 cm³/mol. The van der Waals surface area contributed by atoms with Gasteiger partial charge in [-0.25, -0.2) is 4.98 Å². The number of aromatic nitrogens is 1. The van der Waals surface area contributed by atoms with Gasteiger partial charge in [-0.2, -0.15) is 5.10 Å². The third-order valence-electron chi connectivity index (χ3n) is 3.87. The van der Waals surface area contributed by atoms with Gasteiger partial charge in [-0.05, 0) is 18.2 Å². The quantitative estimate of drug-likeness (QED) is 0.306. The lowest BCUT2D eigenvalue weighted by Crippen LogP contribution is -1.95. The number of fused-ring (bicyclic) bond motifs is 2. The van der Waals surface area contributed by atoms with E-state index in [0.717, 1.165) is 33.1 Å². The van der Waals surface area contributed by atoms with Crippen molar-refractivity contribution >= 4 is 45.3 Å². The van der Waals surface area contributed by atoms with E-state index in [1.165, 1.54) is 0 Å². The minimum Gasteiger partial charge on any atom is -0.277 e. The molecule has 0 amide bonds. The second-order valence-corrected chi connectivity index (χ2v) is 5.82. The van der Waals surface area contributed by atoms with Crippen molar-refractivity contribution < 1.29 is 0 Å². The van der Waals surface area contributed by atoms with E-state index in [1.807, 2.05) is 72.8 Å². The van der Waals surface area contributed by atoms with Crippen LogP contribution in [-0.2, 0) is 0 Å². The third-order valence-corrected chi connectivity index (χ3v) is 4.22. The maximum Gasteiger partial charge on any atom is 0.0749 e. The number of benzene rings is 3. The Morgan fingerprint density at radius 1 is 0.792 bits per heavy atom. The summed E-state index contributed by atoms with van der Waals surface area (Å²) in [6.07, 6.45) is 1.73. The Hall–Kier alpha value is -2.91. The van der Waals surface area contributed by atoms with E-state index in [4.69, 9.17) is 16.6 Å². The van der Waals surface area contributed by atoms with Gasteiger partial charge in [-0.15, -0.1) is 0 Å². The Bertz CT molecular complexity index is 1000. The molecule has 116 valence electrons. The fraction of sp³-hybridized carbons (Fsp3) is 0. The second kappa shape index (κ2) is 6.30. The maximum atomic E-state index is 6.17. The van der Waals surface area contributed by atoms with Gasteiger partial charge in [0.1, 0.15) is 0 Å². The van der Waals surface area contributed by atoms with Crippen molar-refractivity contribution in [1.82, 2.24) is 4.98 Å². The molecule has 4 aromatic rings. The zero-order valence-electron chi connectivity index (χ0n) is 12.8. The standard InChI is InChI=1S/C20H14ClN3/c21-17-10-4-1-7-14(17)13-22-24-20-15-8-2-5-11-18(15)23-19-12-6-3-9-16(19)20/h1-13H,(H,23,24)/b22-13-. The Morgan fingerprint density at radius 3 is 2.04 bits per heavy atom. The van der Waals surface area contributed by atoms with Crippen molar-refractivity contribution in [3.05, 3.63) is 83.4 Å².